The molecule has 1 unspecified atom stereocenters. The summed E-state index contributed by atoms with van der Waals surface area (Å²) in [5.41, 5.74) is 0.561. The second kappa shape index (κ2) is 9.36. The van der Waals surface area contributed by atoms with Crippen LogP contribution in [-0.4, -0.2) is 34.7 Å². The molecule has 4 aliphatic carbocycles. The number of carbonyl (C=O) groups excluding carboxylic acids is 3. The van der Waals surface area contributed by atoms with Gasteiger partial charge in [-0.3, -0.25) is 14.4 Å². The number of ether oxygens (including phenoxy) is 1. The fourth-order valence-corrected chi connectivity index (χ4v) is 8.77. The number of rotatable bonds is 5. The van der Waals surface area contributed by atoms with Gasteiger partial charge in [-0.05, 0) is 86.2 Å². The van der Waals surface area contributed by atoms with Crippen LogP contribution in [0.5, 0.6) is 0 Å². The minimum absolute atomic E-state index is 0.0237. The maximum absolute atomic E-state index is 14.2. The molecule has 0 aromatic heterocycles. The Hall–Kier alpha value is -2.50. The molecule has 0 bridgehead atoms. The largest absolute Gasteiger partial charge is 0.478 e. The molecule has 37 heavy (non-hydrogen) atoms. The maximum atomic E-state index is 14.2. The highest BCUT2D eigenvalue weighted by molar-refractivity contribution is 5.95. The Morgan fingerprint density at radius 3 is 2.41 bits per heavy atom. The summed E-state index contributed by atoms with van der Waals surface area (Å²) in [5, 5.41) is 10.3. The van der Waals surface area contributed by atoms with E-state index in [1.54, 1.807) is 6.08 Å². The Morgan fingerprint density at radius 2 is 1.81 bits per heavy atom. The van der Waals surface area contributed by atoms with Gasteiger partial charge in [0.2, 0.25) is 0 Å². The van der Waals surface area contributed by atoms with Crippen LogP contribution in [-0.2, 0) is 23.9 Å². The Bertz CT molecular complexity index is 1120. The smallest absolute Gasteiger partial charge is 0.331 e. The van der Waals surface area contributed by atoms with Gasteiger partial charge in [0.15, 0.2) is 5.78 Å². The molecule has 8 atom stereocenters. The van der Waals surface area contributed by atoms with Crippen LogP contribution in [0.3, 0.4) is 0 Å². The third-order valence-corrected chi connectivity index (χ3v) is 10.8. The molecule has 0 heterocycles. The van der Waals surface area contributed by atoms with Gasteiger partial charge in [-0.15, -0.1) is 0 Å². The second-order valence-corrected chi connectivity index (χ2v) is 12.8. The number of hydrogen-bond acceptors (Lipinski definition) is 5. The molecule has 3 saturated carbocycles. The SMILES string of the molecule is CC(=O)OC1C[C@]2(C)[C@H](CC[C@@H]3[C@@]4(C)C=CC(=O)[C@@H](C)[C@@H]4CC(=O)[C@]32C)/C1=C(/CCC=C(C)C)C(=O)O. The van der Waals surface area contributed by atoms with E-state index in [4.69, 9.17) is 4.74 Å². The number of ketones is 2. The molecule has 0 saturated heterocycles. The quantitative estimate of drug-likeness (QED) is 0.283. The minimum atomic E-state index is -0.976. The minimum Gasteiger partial charge on any atom is -0.478 e. The Labute approximate surface area is 220 Å². The number of Topliss-reactive ketones (excluding diaryl/α,β-unsaturated/α-hetero) is 1. The van der Waals surface area contributed by atoms with E-state index in [9.17, 15) is 24.3 Å². The second-order valence-electron chi connectivity index (χ2n) is 12.8. The molecule has 6 heteroatoms. The highest BCUT2D eigenvalue weighted by atomic mass is 16.5. The zero-order chi connectivity index (χ0) is 27.5. The molecule has 0 spiro atoms. The lowest BCUT2D eigenvalue weighted by Crippen LogP contribution is -2.64. The van der Waals surface area contributed by atoms with Gasteiger partial charge in [0, 0.05) is 30.3 Å². The molecule has 0 aliphatic heterocycles. The van der Waals surface area contributed by atoms with Crippen molar-refractivity contribution in [3.63, 3.8) is 0 Å². The summed E-state index contributed by atoms with van der Waals surface area (Å²) in [6, 6.07) is 0. The lowest BCUT2D eigenvalue weighted by molar-refractivity contribution is -0.179. The van der Waals surface area contributed by atoms with Gasteiger partial charge in [0.1, 0.15) is 11.9 Å². The molecule has 0 aromatic carbocycles. The Balaban J connectivity index is 1.85. The number of carboxylic acids is 1. The van der Waals surface area contributed by atoms with Crippen LogP contribution in [0.25, 0.3) is 0 Å². The molecule has 0 radical (unpaired) electrons. The van der Waals surface area contributed by atoms with Gasteiger partial charge in [-0.2, -0.15) is 0 Å². The standard InChI is InChI=1S/C31H42O6/c1-17(2)9-8-10-20(28(35)36)27-21-11-12-25-29(5)14-13-23(33)18(3)22(29)15-26(34)31(25,7)30(21,6)16-24(27)37-19(4)32/h9,13-14,18,21-22,24-25H,8,10-12,15-16H2,1-7H3,(H,35,36)/b27-20+/t18-,21+,22-,24?,25+,29-,30+,31-/m0/s1. The Kier molecular flexibility index (Phi) is 6.96. The van der Waals surface area contributed by atoms with Crippen LogP contribution in [0, 0.1) is 39.9 Å². The monoisotopic (exact) mass is 510 g/mol. The molecule has 6 nitrogen and oxygen atoms in total. The molecular weight excluding hydrogens is 468 g/mol. The average molecular weight is 511 g/mol. The van der Waals surface area contributed by atoms with Crippen LogP contribution in [0.4, 0.5) is 0 Å². The first-order valence-corrected chi connectivity index (χ1v) is 13.7. The van der Waals surface area contributed by atoms with Crippen LogP contribution in [0.15, 0.2) is 34.9 Å². The molecular formula is C31H42O6. The highest BCUT2D eigenvalue weighted by Gasteiger charge is 2.71. The van der Waals surface area contributed by atoms with E-state index in [2.05, 4.69) is 26.8 Å². The van der Waals surface area contributed by atoms with Gasteiger partial charge in [-0.1, -0.05) is 45.4 Å². The number of carbonyl (C=O) groups is 4. The predicted molar refractivity (Wildman–Crippen MR) is 140 cm³/mol. The molecule has 4 aliphatic rings. The molecule has 4 rings (SSSR count). The van der Waals surface area contributed by atoms with Crippen molar-refractivity contribution in [2.75, 3.05) is 0 Å². The summed E-state index contributed by atoms with van der Waals surface area (Å²) in [7, 11) is 0. The van der Waals surface area contributed by atoms with E-state index in [0.717, 1.165) is 18.4 Å². The average Bonchev–Trinajstić information content (AvgIpc) is 3.08. The number of aliphatic carboxylic acids is 1. The molecule has 0 amide bonds. The molecule has 3 fully saturated rings. The molecule has 0 aromatic rings. The number of allylic oxidation sites excluding steroid dienone is 4. The van der Waals surface area contributed by atoms with E-state index in [1.807, 2.05) is 26.8 Å². The number of esters is 1. The van der Waals surface area contributed by atoms with Crippen molar-refractivity contribution >= 4 is 23.5 Å². The van der Waals surface area contributed by atoms with Gasteiger partial charge >= 0.3 is 11.9 Å². The van der Waals surface area contributed by atoms with Crippen LogP contribution in [0.2, 0.25) is 0 Å². The lowest BCUT2D eigenvalue weighted by atomic mass is 9.37. The number of carboxylic acid groups (broad SMARTS) is 1. The number of hydrogen-bond donors (Lipinski definition) is 1. The van der Waals surface area contributed by atoms with Crippen molar-refractivity contribution in [1.82, 2.24) is 0 Å². The highest BCUT2D eigenvalue weighted by Crippen LogP contribution is 2.72. The van der Waals surface area contributed by atoms with Crippen LogP contribution in [0.1, 0.15) is 87.0 Å². The van der Waals surface area contributed by atoms with Gasteiger partial charge < -0.3 is 9.84 Å². The van der Waals surface area contributed by atoms with E-state index in [0.29, 0.717) is 36.8 Å². The van der Waals surface area contributed by atoms with Crippen molar-refractivity contribution in [2.24, 2.45) is 39.9 Å². The first-order chi connectivity index (χ1) is 17.2. The number of fused-ring (bicyclic) bond motifs is 5. The fraction of sp³-hybridized carbons (Fsp3) is 0.677. The van der Waals surface area contributed by atoms with Crippen LogP contribution < -0.4 is 0 Å². The van der Waals surface area contributed by atoms with E-state index in [1.165, 1.54) is 6.92 Å². The van der Waals surface area contributed by atoms with Crippen LogP contribution >= 0.6 is 0 Å². The van der Waals surface area contributed by atoms with Gasteiger partial charge in [0.25, 0.3) is 0 Å². The van der Waals surface area contributed by atoms with Crippen molar-refractivity contribution in [3.8, 4) is 0 Å². The third kappa shape index (κ3) is 4.06. The van der Waals surface area contributed by atoms with Crippen molar-refractivity contribution in [2.45, 2.75) is 93.1 Å². The van der Waals surface area contributed by atoms with Gasteiger partial charge in [-0.25, -0.2) is 4.79 Å². The normalized spacial score (nSPS) is 41.9. The topological polar surface area (TPSA) is 97.7 Å². The lowest BCUT2D eigenvalue weighted by Gasteiger charge is -2.64. The molecule has 1 N–H and O–H groups in total. The van der Waals surface area contributed by atoms with Crippen molar-refractivity contribution in [3.05, 3.63) is 34.9 Å². The first kappa shape index (κ1) is 27.5. The summed E-state index contributed by atoms with van der Waals surface area (Å²) in [6.07, 6.45) is 8.36. The third-order valence-electron chi connectivity index (χ3n) is 10.8. The van der Waals surface area contributed by atoms with E-state index < -0.39 is 28.9 Å². The summed E-state index contributed by atoms with van der Waals surface area (Å²) in [4.78, 5) is 51.4. The van der Waals surface area contributed by atoms with Gasteiger partial charge in [0.05, 0.1) is 0 Å². The zero-order valence-electron chi connectivity index (χ0n) is 23.3. The van der Waals surface area contributed by atoms with E-state index in [-0.39, 0.29) is 40.7 Å². The summed E-state index contributed by atoms with van der Waals surface area (Å²) >= 11 is 0. The summed E-state index contributed by atoms with van der Waals surface area (Å²) in [6.45, 7) is 13.7. The molecule has 202 valence electrons. The summed E-state index contributed by atoms with van der Waals surface area (Å²) in [5.74, 6) is -1.54. The summed E-state index contributed by atoms with van der Waals surface area (Å²) < 4.78 is 5.82. The fourth-order valence-electron chi connectivity index (χ4n) is 8.77. The Morgan fingerprint density at radius 1 is 1.14 bits per heavy atom. The van der Waals surface area contributed by atoms with Crippen molar-refractivity contribution in [1.29, 1.82) is 0 Å². The van der Waals surface area contributed by atoms with E-state index >= 15 is 0 Å². The zero-order valence-corrected chi connectivity index (χ0v) is 23.3. The maximum Gasteiger partial charge on any atom is 0.331 e. The first-order valence-electron chi connectivity index (χ1n) is 13.7. The van der Waals surface area contributed by atoms with Crippen molar-refractivity contribution < 1.29 is 29.0 Å². The predicted octanol–water partition coefficient (Wildman–Crippen LogP) is 5.86.